The van der Waals surface area contributed by atoms with Gasteiger partial charge >= 0.3 is 0 Å². The molecule has 0 spiro atoms. The Morgan fingerprint density at radius 1 is 1.12 bits per heavy atom. The zero-order chi connectivity index (χ0) is 22.5. The maximum atomic E-state index is 13.2. The average Bonchev–Trinajstić information content (AvgIpc) is 3.50. The lowest BCUT2D eigenvalue weighted by atomic mass is 10.1. The summed E-state index contributed by atoms with van der Waals surface area (Å²) in [7, 11) is 1.62. The molecule has 2 heterocycles. The second-order valence-corrected chi connectivity index (χ2v) is 8.31. The highest BCUT2D eigenvalue weighted by molar-refractivity contribution is 7.09. The molecule has 8 heteroatoms. The van der Waals surface area contributed by atoms with Crippen LogP contribution in [0, 0.1) is 0 Å². The van der Waals surface area contributed by atoms with E-state index in [9.17, 15) is 4.79 Å². The number of methoxy groups -OCH3 is 1. The Hall–Kier alpha value is -3.39. The molecule has 0 saturated carbocycles. The molecule has 32 heavy (non-hydrogen) atoms. The van der Waals surface area contributed by atoms with Gasteiger partial charge in [-0.2, -0.15) is 0 Å². The van der Waals surface area contributed by atoms with Crippen molar-refractivity contribution in [3.05, 3.63) is 69.9 Å². The molecule has 2 aromatic heterocycles. The van der Waals surface area contributed by atoms with E-state index in [4.69, 9.17) is 9.47 Å². The maximum Gasteiger partial charge on any atom is 0.254 e. The summed E-state index contributed by atoms with van der Waals surface area (Å²) in [5.41, 5.74) is 3.22. The van der Waals surface area contributed by atoms with E-state index in [-0.39, 0.29) is 5.91 Å². The summed E-state index contributed by atoms with van der Waals surface area (Å²) < 4.78 is 13.3. The number of amides is 1. The molecule has 0 aliphatic carbocycles. The summed E-state index contributed by atoms with van der Waals surface area (Å²) in [6.45, 7) is 6.27. The Bertz CT molecular complexity index is 1200. The van der Waals surface area contributed by atoms with Gasteiger partial charge < -0.3 is 14.4 Å². The van der Waals surface area contributed by atoms with Gasteiger partial charge in [-0.1, -0.05) is 17.3 Å². The first-order chi connectivity index (χ1) is 15.6. The Balaban J connectivity index is 1.49. The van der Waals surface area contributed by atoms with Crippen molar-refractivity contribution >= 4 is 28.3 Å². The van der Waals surface area contributed by atoms with Gasteiger partial charge in [0.25, 0.3) is 5.91 Å². The van der Waals surface area contributed by atoms with E-state index in [0.29, 0.717) is 36.8 Å². The third kappa shape index (κ3) is 4.60. The molecular weight excluding hydrogens is 424 g/mol. The van der Waals surface area contributed by atoms with Crippen molar-refractivity contribution in [2.24, 2.45) is 0 Å². The van der Waals surface area contributed by atoms with E-state index in [1.165, 1.54) is 0 Å². The molecule has 0 aliphatic rings. The highest BCUT2D eigenvalue weighted by Crippen LogP contribution is 2.30. The lowest BCUT2D eigenvalue weighted by Gasteiger charge is -2.22. The number of carbonyl (C=O) groups is 1. The van der Waals surface area contributed by atoms with Crippen LogP contribution in [0.1, 0.15) is 34.6 Å². The zero-order valence-corrected chi connectivity index (χ0v) is 19.3. The normalized spacial score (nSPS) is 11.0. The van der Waals surface area contributed by atoms with Crippen molar-refractivity contribution in [3.63, 3.8) is 0 Å². The fraction of sp³-hybridized carbons (Fsp3) is 0.292. The molecule has 0 bridgehead atoms. The van der Waals surface area contributed by atoms with Crippen LogP contribution < -0.4 is 9.47 Å². The van der Waals surface area contributed by atoms with Gasteiger partial charge in [0.05, 0.1) is 12.6 Å². The second-order valence-electron chi connectivity index (χ2n) is 7.28. The number of benzene rings is 2. The van der Waals surface area contributed by atoms with Crippen LogP contribution >= 0.6 is 11.3 Å². The van der Waals surface area contributed by atoms with E-state index in [1.54, 1.807) is 23.3 Å². The molecule has 0 aliphatic heterocycles. The van der Waals surface area contributed by atoms with Gasteiger partial charge in [-0.25, -0.2) is 4.68 Å². The predicted molar refractivity (Wildman–Crippen MR) is 125 cm³/mol. The fourth-order valence-electron chi connectivity index (χ4n) is 3.54. The summed E-state index contributed by atoms with van der Waals surface area (Å²) in [4.78, 5) is 16.1. The lowest BCUT2D eigenvalue weighted by Crippen LogP contribution is -2.30. The molecule has 1 amide bonds. The first-order valence-electron chi connectivity index (χ1n) is 10.6. The van der Waals surface area contributed by atoms with E-state index >= 15 is 0 Å². The minimum atomic E-state index is -0.0440. The molecule has 4 rings (SSSR count). The van der Waals surface area contributed by atoms with Crippen LogP contribution in [0.2, 0.25) is 0 Å². The Morgan fingerprint density at radius 2 is 2.00 bits per heavy atom. The van der Waals surface area contributed by atoms with E-state index in [2.05, 4.69) is 10.3 Å². The minimum absolute atomic E-state index is 0.0440. The summed E-state index contributed by atoms with van der Waals surface area (Å²) >= 11 is 1.65. The summed E-state index contributed by atoms with van der Waals surface area (Å²) in [5.74, 6) is 1.29. The van der Waals surface area contributed by atoms with Crippen LogP contribution in [0.3, 0.4) is 0 Å². The highest BCUT2D eigenvalue weighted by atomic mass is 32.1. The summed E-state index contributed by atoms with van der Waals surface area (Å²) in [5, 5.41) is 10.3. The highest BCUT2D eigenvalue weighted by Gasteiger charge is 2.17. The SMILES string of the molecule is CCN(Cc1ccc(OCc2cccs2)c(OC)c1)C(=O)c1ccc2c(c1)nnn2CC. The van der Waals surface area contributed by atoms with Gasteiger partial charge in [0.2, 0.25) is 0 Å². The monoisotopic (exact) mass is 450 g/mol. The average molecular weight is 451 g/mol. The number of hydrogen-bond donors (Lipinski definition) is 0. The Labute approximate surface area is 191 Å². The van der Waals surface area contributed by atoms with E-state index < -0.39 is 0 Å². The smallest absolute Gasteiger partial charge is 0.254 e. The number of fused-ring (bicyclic) bond motifs is 1. The molecule has 0 atom stereocenters. The summed E-state index contributed by atoms with van der Waals surface area (Å²) in [6, 6.07) is 15.4. The summed E-state index contributed by atoms with van der Waals surface area (Å²) in [6.07, 6.45) is 0. The number of nitrogens with zero attached hydrogens (tertiary/aromatic N) is 4. The number of thiophene rings is 1. The van der Waals surface area contributed by atoms with Crippen LogP contribution in [-0.4, -0.2) is 39.5 Å². The van der Waals surface area contributed by atoms with Gasteiger partial charge in [-0.05, 0) is 61.2 Å². The quantitative estimate of drug-likeness (QED) is 0.368. The van der Waals surface area contributed by atoms with Crippen molar-refractivity contribution in [3.8, 4) is 11.5 Å². The first kappa shape index (κ1) is 21.8. The molecule has 0 fully saturated rings. The van der Waals surface area contributed by atoms with Gasteiger partial charge in [0, 0.05) is 30.1 Å². The Kier molecular flexibility index (Phi) is 6.70. The van der Waals surface area contributed by atoms with Crippen molar-refractivity contribution in [1.82, 2.24) is 19.9 Å². The fourth-order valence-corrected chi connectivity index (χ4v) is 4.16. The largest absolute Gasteiger partial charge is 0.493 e. The van der Waals surface area contributed by atoms with Crippen molar-refractivity contribution in [2.45, 2.75) is 33.5 Å². The lowest BCUT2D eigenvalue weighted by molar-refractivity contribution is 0.0752. The molecule has 0 radical (unpaired) electrons. The number of carbonyl (C=O) groups excluding carboxylic acids is 1. The van der Waals surface area contributed by atoms with E-state index in [0.717, 1.165) is 28.0 Å². The number of ether oxygens (including phenoxy) is 2. The third-order valence-electron chi connectivity index (χ3n) is 5.28. The molecule has 0 N–H and O–H groups in total. The molecule has 2 aromatic carbocycles. The number of aryl methyl sites for hydroxylation is 1. The molecule has 4 aromatic rings. The maximum absolute atomic E-state index is 13.2. The van der Waals surface area contributed by atoms with Crippen molar-refractivity contribution in [2.75, 3.05) is 13.7 Å². The standard InChI is InChI=1S/C24H26N4O3S/c1-4-27(24(29)18-9-10-21-20(14-18)25-26-28(21)5-2)15-17-8-11-22(23(13-17)30-3)31-16-19-7-6-12-32-19/h6-14H,4-5,15-16H2,1-3H3. The van der Waals surface area contributed by atoms with Crippen LogP contribution in [0.4, 0.5) is 0 Å². The topological polar surface area (TPSA) is 69.5 Å². The predicted octanol–water partition coefficient (Wildman–Crippen LogP) is 4.76. The molecule has 166 valence electrons. The van der Waals surface area contributed by atoms with Crippen molar-refractivity contribution < 1.29 is 14.3 Å². The van der Waals surface area contributed by atoms with Gasteiger partial charge in [0.1, 0.15) is 12.1 Å². The van der Waals surface area contributed by atoms with Crippen LogP contribution in [-0.2, 0) is 19.7 Å². The molecular formula is C24H26N4O3S. The van der Waals surface area contributed by atoms with Crippen molar-refractivity contribution in [1.29, 1.82) is 0 Å². The second kappa shape index (κ2) is 9.82. The van der Waals surface area contributed by atoms with E-state index in [1.807, 2.05) is 72.4 Å². The number of aromatic nitrogens is 3. The Morgan fingerprint density at radius 3 is 2.72 bits per heavy atom. The number of rotatable bonds is 9. The third-order valence-corrected chi connectivity index (χ3v) is 6.13. The van der Waals surface area contributed by atoms with Crippen LogP contribution in [0.25, 0.3) is 11.0 Å². The van der Waals surface area contributed by atoms with Gasteiger partial charge in [-0.3, -0.25) is 4.79 Å². The van der Waals surface area contributed by atoms with Gasteiger partial charge in [0.15, 0.2) is 11.5 Å². The van der Waals surface area contributed by atoms with Crippen LogP contribution in [0.5, 0.6) is 11.5 Å². The number of hydrogen-bond acceptors (Lipinski definition) is 6. The molecule has 7 nitrogen and oxygen atoms in total. The van der Waals surface area contributed by atoms with Crippen LogP contribution in [0.15, 0.2) is 53.9 Å². The molecule has 0 unspecified atom stereocenters. The molecule has 0 saturated heterocycles. The zero-order valence-electron chi connectivity index (χ0n) is 18.4. The van der Waals surface area contributed by atoms with Gasteiger partial charge in [-0.15, -0.1) is 16.4 Å². The minimum Gasteiger partial charge on any atom is -0.493 e. The first-order valence-corrected chi connectivity index (χ1v) is 11.5.